The number of fused-ring (bicyclic) bond motifs is 3. The van der Waals surface area contributed by atoms with Crippen LogP contribution in [0.4, 0.5) is 0 Å². The molecule has 0 spiro atoms. The van der Waals surface area contributed by atoms with Crippen molar-refractivity contribution in [2.45, 2.75) is 6.92 Å². The minimum atomic E-state index is 0. The van der Waals surface area contributed by atoms with Crippen molar-refractivity contribution in [1.29, 1.82) is 0 Å². The number of hydrogen-bond donors (Lipinski definition) is 0. The predicted molar refractivity (Wildman–Crippen MR) is 119 cm³/mol. The van der Waals surface area contributed by atoms with E-state index < -0.39 is 0 Å². The van der Waals surface area contributed by atoms with Crippen molar-refractivity contribution in [3.05, 3.63) is 96.7 Å². The average molecular weight is 459 g/mol. The van der Waals surface area contributed by atoms with Gasteiger partial charge >= 0.3 is 0 Å². The van der Waals surface area contributed by atoms with Crippen LogP contribution in [0, 0.1) is 19.1 Å². The first kappa shape index (κ1) is 22.3. The topological polar surface area (TPSA) is 16.8 Å². The van der Waals surface area contributed by atoms with Gasteiger partial charge in [0, 0.05) is 41.1 Å². The van der Waals surface area contributed by atoms with Crippen molar-refractivity contribution in [3.63, 3.8) is 0 Å². The zero-order valence-corrected chi connectivity index (χ0v) is 19.9. The van der Waals surface area contributed by atoms with E-state index in [0.717, 1.165) is 22.4 Å². The van der Waals surface area contributed by atoms with Gasteiger partial charge in [-0.05, 0) is 22.6 Å². The van der Waals surface area contributed by atoms with E-state index in [-0.39, 0.29) is 41.1 Å². The standard InChI is InChI=1S/C26H19N2.B.Y/c1-18-9-10-21(17-25(18)26-8-5-15-27-28(26)2)20-13-14-24-22(16-20)12-11-19-6-3-4-7-23(19)24;;/h3-12,14-16H,1-2H3;;/q-1;;. The molecule has 0 fully saturated rings. The Labute approximate surface area is 204 Å². The first-order valence-corrected chi connectivity index (χ1v) is 9.39. The van der Waals surface area contributed by atoms with Crippen molar-refractivity contribution in [3.8, 4) is 22.4 Å². The van der Waals surface area contributed by atoms with Crippen LogP contribution >= 0.6 is 0 Å². The van der Waals surface area contributed by atoms with Crippen LogP contribution in [0.3, 0.4) is 0 Å². The van der Waals surface area contributed by atoms with Gasteiger partial charge in [-0.3, -0.25) is 0 Å². The van der Waals surface area contributed by atoms with Gasteiger partial charge in [0.15, 0.2) is 12.7 Å². The number of benzene rings is 4. The number of rotatable bonds is 2. The molecular weight excluding hydrogens is 440 g/mol. The Morgan fingerprint density at radius 1 is 0.833 bits per heavy atom. The molecule has 4 aromatic carbocycles. The average Bonchev–Trinajstić information content (AvgIpc) is 2.74. The van der Waals surface area contributed by atoms with Crippen molar-refractivity contribution < 1.29 is 37.4 Å². The van der Waals surface area contributed by atoms with Gasteiger partial charge in [-0.25, -0.2) is 5.56 Å². The molecule has 0 N–H and O–H groups in total. The zero-order valence-electron chi connectivity index (χ0n) is 17.1. The van der Waals surface area contributed by atoms with Crippen molar-refractivity contribution in [2.75, 3.05) is 0 Å². The molecule has 5 aromatic rings. The van der Waals surface area contributed by atoms with Crippen LogP contribution in [0.15, 0.2) is 79.0 Å². The molecule has 30 heavy (non-hydrogen) atoms. The molecule has 0 aliphatic heterocycles. The minimum Gasteiger partial charge on any atom is -0.209 e. The summed E-state index contributed by atoms with van der Waals surface area (Å²) in [4.78, 5) is 0. The van der Waals surface area contributed by atoms with Crippen molar-refractivity contribution in [2.24, 2.45) is 7.05 Å². The van der Waals surface area contributed by atoms with Crippen LogP contribution in [0.2, 0.25) is 0 Å². The predicted octanol–water partition coefficient (Wildman–Crippen LogP) is 5.07. The molecule has 0 aliphatic rings. The van der Waals surface area contributed by atoms with Crippen molar-refractivity contribution in [1.82, 2.24) is 5.10 Å². The fourth-order valence-corrected chi connectivity index (χ4v) is 3.78. The third-order valence-corrected chi connectivity index (χ3v) is 5.31. The second-order valence-corrected chi connectivity index (χ2v) is 7.10. The summed E-state index contributed by atoms with van der Waals surface area (Å²) in [5.41, 5.74) is 5.39. The van der Waals surface area contributed by atoms with Gasteiger partial charge in [0.1, 0.15) is 0 Å². The van der Waals surface area contributed by atoms with Gasteiger partial charge in [0.25, 0.3) is 0 Å². The number of nitrogens with zero attached hydrogens (tertiary/aromatic N) is 2. The van der Waals surface area contributed by atoms with Gasteiger partial charge in [-0.2, -0.15) is 29.8 Å². The minimum absolute atomic E-state index is 0. The fourth-order valence-electron chi connectivity index (χ4n) is 3.78. The summed E-state index contributed by atoms with van der Waals surface area (Å²) in [5, 5.41) is 9.32. The third-order valence-electron chi connectivity index (χ3n) is 5.31. The number of hydrogen-bond acceptors (Lipinski definition) is 1. The normalized spacial score (nSPS) is 10.5. The van der Waals surface area contributed by atoms with Gasteiger partial charge in [0.2, 0.25) is 0 Å². The second kappa shape index (κ2) is 9.20. The molecule has 0 aliphatic carbocycles. The monoisotopic (exact) mass is 459 g/mol. The van der Waals surface area contributed by atoms with Crippen LogP contribution in [0.5, 0.6) is 0 Å². The molecule has 5 rings (SSSR count). The van der Waals surface area contributed by atoms with E-state index in [1.807, 2.05) is 17.8 Å². The molecule has 1 heterocycles. The molecule has 0 saturated heterocycles. The maximum absolute atomic E-state index is 4.36. The Hall–Kier alpha value is -2.35. The van der Waals surface area contributed by atoms with Gasteiger partial charge in [-0.1, -0.05) is 59.7 Å². The summed E-state index contributed by atoms with van der Waals surface area (Å²) < 4.78 is 1.89. The van der Waals surface area contributed by atoms with E-state index in [2.05, 4.69) is 90.9 Å². The molecule has 4 radical (unpaired) electrons. The molecule has 4 heteroatoms. The SMILES string of the molecule is Cc1ccc(-c2[c-]cc3c(ccc4ccccc43)c2)[c-]c1-c1cccn[n+]1C.[B].[Y]. The van der Waals surface area contributed by atoms with Crippen LogP contribution in [-0.2, 0) is 39.8 Å². The van der Waals surface area contributed by atoms with Crippen molar-refractivity contribution >= 4 is 30.0 Å². The zero-order chi connectivity index (χ0) is 19.1. The maximum Gasteiger partial charge on any atom is 0.175 e. The number of aromatic nitrogens is 2. The Kier molecular flexibility index (Phi) is 6.85. The summed E-state index contributed by atoms with van der Waals surface area (Å²) in [5.74, 6) is 0. The summed E-state index contributed by atoms with van der Waals surface area (Å²) in [6, 6.07) is 32.5. The summed E-state index contributed by atoms with van der Waals surface area (Å²) in [6.45, 7) is 2.11. The Balaban J connectivity index is 0.00000128. The summed E-state index contributed by atoms with van der Waals surface area (Å²) in [7, 11) is 1.96. The first-order valence-electron chi connectivity index (χ1n) is 9.39. The molecule has 0 saturated carbocycles. The van der Waals surface area contributed by atoms with E-state index >= 15 is 0 Å². The van der Waals surface area contributed by atoms with E-state index in [1.54, 1.807) is 6.20 Å². The van der Waals surface area contributed by atoms with E-state index in [0.29, 0.717) is 0 Å². The molecular formula is C26H19BN2Y-. The molecule has 1 aromatic heterocycles. The largest absolute Gasteiger partial charge is 0.209 e. The van der Waals surface area contributed by atoms with E-state index in [4.69, 9.17) is 0 Å². The van der Waals surface area contributed by atoms with E-state index in [1.165, 1.54) is 27.1 Å². The van der Waals surface area contributed by atoms with Crippen LogP contribution < -0.4 is 4.68 Å². The smallest absolute Gasteiger partial charge is 0.175 e. The molecule has 0 amide bonds. The Bertz CT molecular complexity index is 1350. The second-order valence-electron chi connectivity index (χ2n) is 7.10. The number of aryl methyl sites for hydroxylation is 2. The molecule has 2 nitrogen and oxygen atoms in total. The Morgan fingerprint density at radius 3 is 2.47 bits per heavy atom. The van der Waals surface area contributed by atoms with Gasteiger partial charge < -0.3 is 0 Å². The maximum atomic E-state index is 4.36. The molecule has 140 valence electrons. The molecule has 0 bridgehead atoms. The van der Waals surface area contributed by atoms with Crippen LogP contribution in [0.1, 0.15) is 5.56 Å². The Morgan fingerprint density at radius 2 is 1.63 bits per heavy atom. The van der Waals surface area contributed by atoms with Gasteiger partial charge in [0.05, 0.1) is 6.20 Å². The molecule has 0 unspecified atom stereocenters. The summed E-state index contributed by atoms with van der Waals surface area (Å²) >= 11 is 0. The summed E-state index contributed by atoms with van der Waals surface area (Å²) in [6.07, 6.45) is 1.80. The third kappa shape index (κ3) is 3.97. The fraction of sp³-hybridized carbons (Fsp3) is 0.0769. The van der Waals surface area contributed by atoms with Crippen LogP contribution in [-0.4, -0.2) is 13.5 Å². The van der Waals surface area contributed by atoms with Gasteiger partial charge in [-0.15, -0.1) is 27.8 Å². The quantitative estimate of drug-likeness (QED) is 0.156. The molecule has 0 atom stereocenters. The van der Waals surface area contributed by atoms with E-state index in [9.17, 15) is 0 Å². The first-order chi connectivity index (χ1) is 13.7. The van der Waals surface area contributed by atoms with Crippen LogP contribution in [0.25, 0.3) is 43.9 Å².